The Morgan fingerprint density at radius 1 is 1.30 bits per heavy atom. The average molecular weight is 314 g/mol. The molecule has 3 rings (SSSR count). The molecule has 1 aliphatic heterocycles. The topological polar surface area (TPSA) is 35.5 Å². The first-order valence-electron chi connectivity index (χ1n) is 8.73. The minimum Gasteiger partial charge on any atom is -0.496 e. The molecular weight excluding hydrogens is 288 g/mol. The first kappa shape index (κ1) is 16.1. The molecule has 1 aromatic rings. The Morgan fingerprint density at radius 2 is 2.13 bits per heavy atom. The van der Waals surface area contributed by atoms with Crippen molar-refractivity contribution in [1.29, 1.82) is 0 Å². The van der Waals surface area contributed by atoms with Crippen LogP contribution in [0.25, 0.3) is 0 Å². The zero-order valence-electron chi connectivity index (χ0n) is 14.4. The minimum absolute atomic E-state index is 0.0639. The van der Waals surface area contributed by atoms with Crippen molar-refractivity contribution < 1.29 is 14.3 Å². The molecule has 3 heteroatoms. The number of fused-ring (bicyclic) bond motifs is 3. The van der Waals surface area contributed by atoms with E-state index in [0.29, 0.717) is 5.75 Å². The van der Waals surface area contributed by atoms with Gasteiger partial charge >= 0.3 is 5.97 Å². The molecule has 1 aromatic carbocycles. The summed E-state index contributed by atoms with van der Waals surface area (Å²) < 4.78 is 11.3. The number of benzene rings is 1. The maximum atomic E-state index is 12.4. The van der Waals surface area contributed by atoms with Crippen molar-refractivity contribution in [3.8, 4) is 11.5 Å². The third-order valence-corrected chi connectivity index (χ3v) is 5.05. The molecule has 0 unspecified atom stereocenters. The highest BCUT2D eigenvalue weighted by molar-refractivity contribution is 5.81. The number of carbonyl (C=O) groups is 1. The Kier molecular flexibility index (Phi) is 4.74. The summed E-state index contributed by atoms with van der Waals surface area (Å²) >= 11 is 0. The van der Waals surface area contributed by atoms with E-state index in [0.717, 1.165) is 37.0 Å². The molecule has 0 amide bonds. The summed E-state index contributed by atoms with van der Waals surface area (Å²) in [5, 5.41) is 0. The van der Waals surface area contributed by atoms with Gasteiger partial charge < -0.3 is 9.47 Å². The predicted molar refractivity (Wildman–Crippen MR) is 91.1 cm³/mol. The summed E-state index contributed by atoms with van der Waals surface area (Å²) in [7, 11) is 1.70. The molecule has 3 nitrogen and oxygen atoms in total. The molecule has 1 aliphatic carbocycles. The van der Waals surface area contributed by atoms with E-state index < -0.39 is 0 Å². The lowest BCUT2D eigenvalue weighted by Crippen LogP contribution is -2.33. The smallest absolute Gasteiger partial charge is 0.315 e. The van der Waals surface area contributed by atoms with Gasteiger partial charge in [-0.25, -0.2) is 0 Å². The first-order valence-corrected chi connectivity index (χ1v) is 8.73. The van der Waals surface area contributed by atoms with E-state index in [4.69, 9.17) is 9.47 Å². The number of unbranched alkanes of at least 4 members (excludes halogenated alkanes) is 2. The van der Waals surface area contributed by atoms with Crippen LogP contribution in [0.3, 0.4) is 0 Å². The Hall–Kier alpha value is -1.77. The van der Waals surface area contributed by atoms with Crippen molar-refractivity contribution in [3.05, 3.63) is 34.9 Å². The van der Waals surface area contributed by atoms with Crippen LogP contribution < -0.4 is 9.47 Å². The molecule has 23 heavy (non-hydrogen) atoms. The van der Waals surface area contributed by atoms with Crippen LogP contribution in [0.1, 0.15) is 63.0 Å². The SMILES string of the molecule is CCCCCc1cc(OC)c2c(c1)OC(=O)[C@@H]1CCC(C)=C[C@@H]21. The van der Waals surface area contributed by atoms with E-state index in [9.17, 15) is 4.79 Å². The third kappa shape index (κ3) is 3.15. The summed E-state index contributed by atoms with van der Waals surface area (Å²) in [6.45, 7) is 4.34. The van der Waals surface area contributed by atoms with E-state index in [1.807, 2.05) is 6.07 Å². The molecule has 124 valence electrons. The predicted octanol–water partition coefficient (Wildman–Crippen LogP) is 4.79. The van der Waals surface area contributed by atoms with Gasteiger partial charge in [0.05, 0.1) is 13.0 Å². The average Bonchev–Trinajstić information content (AvgIpc) is 2.54. The Labute approximate surface area is 138 Å². The number of carbonyl (C=O) groups excluding carboxylic acids is 1. The van der Waals surface area contributed by atoms with Crippen molar-refractivity contribution in [1.82, 2.24) is 0 Å². The normalized spacial score (nSPS) is 22.7. The number of ether oxygens (including phenoxy) is 2. The highest BCUT2D eigenvalue weighted by atomic mass is 16.5. The number of rotatable bonds is 5. The fraction of sp³-hybridized carbons (Fsp3) is 0.550. The quantitative estimate of drug-likeness (QED) is 0.339. The van der Waals surface area contributed by atoms with Gasteiger partial charge in [-0.15, -0.1) is 0 Å². The Morgan fingerprint density at radius 3 is 2.87 bits per heavy atom. The largest absolute Gasteiger partial charge is 0.496 e. The van der Waals surface area contributed by atoms with Crippen LogP contribution in [0.15, 0.2) is 23.8 Å². The van der Waals surface area contributed by atoms with Crippen LogP contribution in [-0.2, 0) is 11.2 Å². The first-order chi connectivity index (χ1) is 11.1. The maximum absolute atomic E-state index is 12.4. The van der Waals surface area contributed by atoms with Gasteiger partial charge in [0.1, 0.15) is 11.5 Å². The number of esters is 1. The Balaban J connectivity index is 2.00. The van der Waals surface area contributed by atoms with E-state index in [-0.39, 0.29) is 17.8 Å². The second kappa shape index (κ2) is 6.77. The molecule has 0 aromatic heterocycles. The summed E-state index contributed by atoms with van der Waals surface area (Å²) in [5.41, 5.74) is 3.59. The van der Waals surface area contributed by atoms with Gasteiger partial charge in [0, 0.05) is 11.5 Å². The van der Waals surface area contributed by atoms with E-state index in [1.54, 1.807) is 7.11 Å². The van der Waals surface area contributed by atoms with Gasteiger partial charge in [-0.2, -0.15) is 0 Å². The number of allylic oxidation sites excluding steroid dienone is 2. The van der Waals surface area contributed by atoms with Gasteiger partial charge in [0.15, 0.2) is 0 Å². The van der Waals surface area contributed by atoms with Gasteiger partial charge in [0.25, 0.3) is 0 Å². The molecule has 0 radical (unpaired) electrons. The van der Waals surface area contributed by atoms with Crippen molar-refractivity contribution in [2.24, 2.45) is 5.92 Å². The lowest BCUT2D eigenvalue weighted by molar-refractivity contribution is -0.141. The van der Waals surface area contributed by atoms with Crippen LogP contribution in [-0.4, -0.2) is 13.1 Å². The summed E-state index contributed by atoms with van der Waals surface area (Å²) in [4.78, 5) is 12.4. The zero-order chi connectivity index (χ0) is 16.4. The van der Waals surface area contributed by atoms with Gasteiger partial charge in [-0.05, 0) is 50.3 Å². The monoisotopic (exact) mass is 314 g/mol. The van der Waals surface area contributed by atoms with E-state index in [2.05, 4.69) is 26.0 Å². The van der Waals surface area contributed by atoms with E-state index in [1.165, 1.54) is 24.0 Å². The molecule has 2 atom stereocenters. The fourth-order valence-corrected chi connectivity index (χ4v) is 3.76. The molecule has 0 fully saturated rings. The molecule has 0 saturated heterocycles. The fourth-order valence-electron chi connectivity index (χ4n) is 3.76. The minimum atomic E-state index is -0.0842. The number of hydrogen-bond acceptors (Lipinski definition) is 3. The zero-order valence-corrected chi connectivity index (χ0v) is 14.4. The molecule has 0 bridgehead atoms. The van der Waals surface area contributed by atoms with Crippen molar-refractivity contribution in [3.63, 3.8) is 0 Å². The molecule has 0 spiro atoms. The molecule has 0 saturated carbocycles. The van der Waals surface area contributed by atoms with Crippen molar-refractivity contribution in [2.75, 3.05) is 7.11 Å². The summed E-state index contributed by atoms with van der Waals surface area (Å²) in [6, 6.07) is 4.17. The molecule has 0 N–H and O–H groups in total. The summed E-state index contributed by atoms with van der Waals surface area (Å²) in [6.07, 6.45) is 8.63. The molecular formula is C20H26O3. The van der Waals surface area contributed by atoms with Crippen LogP contribution in [0.5, 0.6) is 11.5 Å². The van der Waals surface area contributed by atoms with Crippen LogP contribution in [0.2, 0.25) is 0 Å². The second-order valence-electron chi connectivity index (χ2n) is 6.77. The third-order valence-electron chi connectivity index (χ3n) is 5.05. The number of methoxy groups -OCH3 is 1. The standard InChI is InChI=1S/C20H26O3/c1-4-5-6-7-14-11-17(22-3)19-16-10-13(2)8-9-15(16)20(21)23-18(19)12-14/h10-12,15-16H,4-9H2,1-3H3/t15-,16-/m1/s1. The van der Waals surface area contributed by atoms with E-state index >= 15 is 0 Å². The van der Waals surface area contributed by atoms with Crippen molar-refractivity contribution in [2.45, 2.75) is 58.3 Å². The second-order valence-corrected chi connectivity index (χ2v) is 6.77. The molecule has 1 heterocycles. The molecule has 2 aliphatic rings. The van der Waals surface area contributed by atoms with Gasteiger partial charge in [-0.1, -0.05) is 31.4 Å². The highest BCUT2D eigenvalue weighted by Crippen LogP contribution is 2.48. The summed E-state index contributed by atoms with van der Waals surface area (Å²) in [5.74, 6) is 1.51. The Bertz CT molecular complexity index is 630. The van der Waals surface area contributed by atoms with Crippen LogP contribution in [0, 0.1) is 5.92 Å². The lowest BCUT2D eigenvalue weighted by atomic mass is 9.75. The van der Waals surface area contributed by atoms with Gasteiger partial charge in [0.2, 0.25) is 0 Å². The number of aryl methyl sites for hydroxylation is 1. The van der Waals surface area contributed by atoms with Crippen LogP contribution >= 0.6 is 0 Å². The maximum Gasteiger partial charge on any atom is 0.315 e. The highest BCUT2D eigenvalue weighted by Gasteiger charge is 2.40. The van der Waals surface area contributed by atoms with Gasteiger partial charge in [-0.3, -0.25) is 4.79 Å². The lowest BCUT2D eigenvalue weighted by Gasteiger charge is -2.34. The van der Waals surface area contributed by atoms with Crippen molar-refractivity contribution >= 4 is 5.97 Å². The van der Waals surface area contributed by atoms with Crippen LogP contribution in [0.4, 0.5) is 0 Å². The number of hydrogen-bond donors (Lipinski definition) is 0.